The minimum atomic E-state index is -0.746. The van der Waals surface area contributed by atoms with Crippen LogP contribution in [0.25, 0.3) is 0 Å². The van der Waals surface area contributed by atoms with Crippen LogP contribution in [-0.4, -0.2) is 10.2 Å². The van der Waals surface area contributed by atoms with Crippen molar-refractivity contribution in [3.05, 3.63) is 78.9 Å². The van der Waals surface area contributed by atoms with Crippen molar-refractivity contribution in [2.45, 2.75) is 0 Å². The van der Waals surface area contributed by atoms with Crippen molar-refractivity contribution in [3.63, 3.8) is 0 Å². The third kappa shape index (κ3) is 2.91. The summed E-state index contributed by atoms with van der Waals surface area (Å²) < 4.78 is 0. The third-order valence-corrected chi connectivity index (χ3v) is 5.67. The molecule has 0 aromatic heterocycles. The molecule has 0 saturated heterocycles. The first-order valence-corrected chi connectivity index (χ1v) is 8.02. The van der Waals surface area contributed by atoms with Crippen molar-refractivity contribution >= 4 is 23.8 Å². The number of benzene rings is 3. The second kappa shape index (κ2) is 5.99. The second-order valence-corrected chi connectivity index (χ2v) is 6.90. The molecular weight excluding hydrogens is 279 g/mol. The van der Waals surface area contributed by atoms with Gasteiger partial charge in [-0.25, -0.2) is 0 Å². The Balaban J connectivity index is 2.14. The van der Waals surface area contributed by atoms with Crippen LogP contribution in [0.1, 0.15) is 0 Å². The maximum absolute atomic E-state index is 9.80. The summed E-state index contributed by atoms with van der Waals surface area (Å²) in [5.74, 6) is -0.165. The molecule has 3 rings (SSSR count). The lowest BCUT2D eigenvalue weighted by molar-refractivity contribution is 0.404. The molecule has 2 nitrogen and oxygen atoms in total. The van der Waals surface area contributed by atoms with Crippen molar-refractivity contribution in [1.29, 1.82) is 0 Å². The topological polar surface area (TPSA) is 40.5 Å². The standard InChI is InChI=1S/C18H15O2P/c19-17-12-11-16(13-18(17)20)21(14-7-3-1-4-8-14)15-9-5-2-6-10-15/h1-13,19-20H. The van der Waals surface area contributed by atoms with Gasteiger partial charge in [-0.2, -0.15) is 0 Å². The zero-order chi connectivity index (χ0) is 14.7. The van der Waals surface area contributed by atoms with E-state index in [9.17, 15) is 10.2 Å². The first kappa shape index (κ1) is 13.7. The number of hydrogen-bond donors (Lipinski definition) is 2. The Morgan fingerprint density at radius 2 is 1.05 bits per heavy atom. The van der Waals surface area contributed by atoms with Gasteiger partial charge in [0.1, 0.15) is 0 Å². The molecule has 0 fully saturated rings. The molecule has 0 unspecified atom stereocenters. The lowest BCUT2D eigenvalue weighted by Crippen LogP contribution is -2.20. The highest BCUT2D eigenvalue weighted by atomic mass is 31.1. The van der Waals surface area contributed by atoms with Crippen LogP contribution < -0.4 is 15.9 Å². The van der Waals surface area contributed by atoms with Gasteiger partial charge in [-0.3, -0.25) is 0 Å². The molecule has 2 N–H and O–H groups in total. The fourth-order valence-electron chi connectivity index (χ4n) is 2.25. The fourth-order valence-corrected chi connectivity index (χ4v) is 4.56. The maximum atomic E-state index is 9.80. The van der Waals surface area contributed by atoms with Crippen molar-refractivity contribution in [1.82, 2.24) is 0 Å². The van der Waals surface area contributed by atoms with E-state index in [-0.39, 0.29) is 11.5 Å². The molecule has 3 heteroatoms. The van der Waals surface area contributed by atoms with Crippen molar-refractivity contribution < 1.29 is 10.2 Å². The molecule has 0 heterocycles. The molecule has 0 bridgehead atoms. The zero-order valence-corrected chi connectivity index (χ0v) is 12.2. The van der Waals surface area contributed by atoms with Gasteiger partial charge in [-0.05, 0) is 42.0 Å². The molecule has 104 valence electrons. The van der Waals surface area contributed by atoms with Crippen LogP contribution in [0.2, 0.25) is 0 Å². The molecule has 0 radical (unpaired) electrons. The first-order chi connectivity index (χ1) is 10.3. The van der Waals surface area contributed by atoms with E-state index in [1.165, 1.54) is 10.6 Å². The summed E-state index contributed by atoms with van der Waals surface area (Å²) in [5.41, 5.74) is 0. The number of aromatic hydroxyl groups is 2. The molecule has 0 spiro atoms. The van der Waals surface area contributed by atoms with E-state index >= 15 is 0 Å². The van der Waals surface area contributed by atoms with Crippen LogP contribution in [0, 0.1) is 0 Å². The van der Waals surface area contributed by atoms with E-state index < -0.39 is 7.92 Å². The van der Waals surface area contributed by atoms with E-state index in [0.717, 1.165) is 5.30 Å². The van der Waals surface area contributed by atoms with Crippen LogP contribution in [-0.2, 0) is 0 Å². The summed E-state index contributed by atoms with van der Waals surface area (Å²) >= 11 is 0. The maximum Gasteiger partial charge on any atom is 0.158 e. The van der Waals surface area contributed by atoms with E-state index in [1.807, 2.05) is 42.5 Å². The summed E-state index contributed by atoms with van der Waals surface area (Å²) in [7, 11) is -0.746. The van der Waals surface area contributed by atoms with E-state index in [2.05, 4.69) is 24.3 Å². The average Bonchev–Trinajstić information content (AvgIpc) is 2.53. The lowest BCUT2D eigenvalue weighted by Gasteiger charge is -2.19. The van der Waals surface area contributed by atoms with Crippen LogP contribution in [0.4, 0.5) is 0 Å². The predicted octanol–water partition coefficient (Wildman–Crippen LogP) is 2.86. The van der Waals surface area contributed by atoms with Crippen LogP contribution in [0.3, 0.4) is 0 Å². The molecule has 3 aromatic carbocycles. The average molecular weight is 294 g/mol. The Kier molecular flexibility index (Phi) is 3.89. The molecule has 0 atom stereocenters. The predicted molar refractivity (Wildman–Crippen MR) is 88.5 cm³/mol. The zero-order valence-electron chi connectivity index (χ0n) is 11.3. The monoisotopic (exact) mass is 294 g/mol. The van der Waals surface area contributed by atoms with Crippen LogP contribution >= 0.6 is 7.92 Å². The minimum Gasteiger partial charge on any atom is -0.504 e. The van der Waals surface area contributed by atoms with Crippen molar-refractivity contribution in [2.75, 3.05) is 0 Å². The Morgan fingerprint density at radius 1 is 0.524 bits per heavy atom. The highest BCUT2D eigenvalue weighted by Crippen LogP contribution is 2.35. The van der Waals surface area contributed by atoms with E-state index in [0.29, 0.717) is 0 Å². The van der Waals surface area contributed by atoms with Gasteiger partial charge in [-0.15, -0.1) is 0 Å². The smallest absolute Gasteiger partial charge is 0.158 e. The molecule has 0 aliphatic rings. The lowest BCUT2D eigenvalue weighted by atomic mass is 10.3. The summed E-state index contributed by atoms with van der Waals surface area (Å²) in [6, 6.07) is 25.6. The van der Waals surface area contributed by atoms with Gasteiger partial charge in [0.15, 0.2) is 11.5 Å². The summed E-state index contributed by atoms with van der Waals surface area (Å²) in [6.07, 6.45) is 0. The van der Waals surface area contributed by atoms with Gasteiger partial charge in [0.2, 0.25) is 0 Å². The Morgan fingerprint density at radius 3 is 1.52 bits per heavy atom. The first-order valence-electron chi connectivity index (χ1n) is 6.68. The van der Waals surface area contributed by atoms with Crippen molar-refractivity contribution in [3.8, 4) is 11.5 Å². The number of rotatable bonds is 3. The normalized spacial score (nSPS) is 10.7. The molecule has 0 amide bonds. The second-order valence-electron chi connectivity index (χ2n) is 4.68. The summed E-state index contributed by atoms with van der Waals surface area (Å²) in [5, 5.41) is 22.8. The Hall–Kier alpha value is -2.31. The van der Waals surface area contributed by atoms with Gasteiger partial charge < -0.3 is 10.2 Å². The molecular formula is C18H15O2P. The Bertz CT molecular complexity index is 687. The van der Waals surface area contributed by atoms with E-state index in [4.69, 9.17) is 0 Å². The highest BCUT2D eigenvalue weighted by molar-refractivity contribution is 7.79. The Labute approximate surface area is 125 Å². The number of phenols is 2. The number of hydrogen-bond acceptors (Lipinski definition) is 2. The van der Waals surface area contributed by atoms with Gasteiger partial charge >= 0.3 is 0 Å². The van der Waals surface area contributed by atoms with Gasteiger partial charge in [0.05, 0.1) is 0 Å². The molecule has 0 aliphatic carbocycles. The fraction of sp³-hybridized carbons (Fsp3) is 0. The molecule has 0 aliphatic heterocycles. The van der Waals surface area contributed by atoms with Gasteiger partial charge in [0, 0.05) is 0 Å². The van der Waals surface area contributed by atoms with Crippen molar-refractivity contribution in [2.24, 2.45) is 0 Å². The van der Waals surface area contributed by atoms with E-state index in [1.54, 1.807) is 12.1 Å². The summed E-state index contributed by atoms with van der Waals surface area (Å²) in [6.45, 7) is 0. The van der Waals surface area contributed by atoms with Crippen LogP contribution in [0.15, 0.2) is 78.9 Å². The largest absolute Gasteiger partial charge is 0.504 e. The molecule has 21 heavy (non-hydrogen) atoms. The quantitative estimate of drug-likeness (QED) is 0.576. The highest BCUT2D eigenvalue weighted by Gasteiger charge is 2.17. The van der Waals surface area contributed by atoms with Gasteiger partial charge in [-0.1, -0.05) is 60.7 Å². The number of phenolic OH excluding ortho intramolecular Hbond substituents is 2. The van der Waals surface area contributed by atoms with Crippen LogP contribution in [0.5, 0.6) is 11.5 Å². The third-order valence-electron chi connectivity index (χ3n) is 3.25. The molecule has 0 saturated carbocycles. The SMILES string of the molecule is Oc1ccc(P(c2ccccc2)c2ccccc2)cc1O. The summed E-state index contributed by atoms with van der Waals surface area (Å²) in [4.78, 5) is 0. The molecule has 3 aromatic rings. The van der Waals surface area contributed by atoms with Gasteiger partial charge in [0.25, 0.3) is 0 Å². The minimum absolute atomic E-state index is 0.0770.